The molecule has 0 saturated heterocycles. The minimum absolute atomic E-state index is 1.12. The predicted molar refractivity (Wildman–Crippen MR) is 110 cm³/mol. The number of nitrogens with zero attached hydrogens (tertiary/aromatic N) is 2. The molecule has 0 amide bonds. The summed E-state index contributed by atoms with van der Waals surface area (Å²) in [7, 11) is 8.28. The van der Waals surface area contributed by atoms with E-state index < -0.39 is 0 Å². The first kappa shape index (κ1) is 17.2. The normalized spacial score (nSPS) is 17.9. The molecule has 0 heterocycles. The Hall–Kier alpha value is -2.61. The van der Waals surface area contributed by atoms with Crippen LogP contribution in [-0.2, 0) is 0 Å². The Balaban J connectivity index is 1.72. The summed E-state index contributed by atoms with van der Waals surface area (Å²) in [6.07, 6.45) is 17.9. The molecule has 0 spiro atoms. The maximum Gasteiger partial charge on any atom is 0.199 e. The smallest absolute Gasteiger partial charge is 0.199 e. The minimum atomic E-state index is 1.12. The van der Waals surface area contributed by atoms with Gasteiger partial charge in [0.25, 0.3) is 0 Å². The van der Waals surface area contributed by atoms with E-state index in [1.807, 2.05) is 0 Å². The number of hydrogen-bond acceptors (Lipinski definition) is 1. The topological polar surface area (TPSA) is 6.25 Å². The summed E-state index contributed by atoms with van der Waals surface area (Å²) in [4.78, 5) is 2.13. The maximum absolute atomic E-state index is 2.33. The fourth-order valence-corrected chi connectivity index (χ4v) is 3.06. The molecule has 0 radical (unpaired) electrons. The third kappa shape index (κ3) is 4.48. The quantitative estimate of drug-likeness (QED) is 0.732. The summed E-state index contributed by atoms with van der Waals surface area (Å²) < 4.78 is 2.13. The molecule has 0 aromatic heterocycles. The van der Waals surface area contributed by atoms with Crippen molar-refractivity contribution in [2.24, 2.45) is 0 Å². The SMILES string of the molecule is CN(C)c1ccc(/C=C2/C=C(C=C3C=CC(=[N+](C)C)C=C3)CC2)cc1. The van der Waals surface area contributed by atoms with Crippen molar-refractivity contribution in [3.8, 4) is 0 Å². The van der Waals surface area contributed by atoms with Crippen LogP contribution < -0.4 is 4.90 Å². The van der Waals surface area contributed by atoms with Crippen molar-refractivity contribution in [3.05, 3.63) is 83.0 Å². The number of hydrogen-bond donors (Lipinski definition) is 0. The van der Waals surface area contributed by atoms with Crippen LogP contribution in [0.15, 0.2) is 77.4 Å². The molecule has 0 unspecified atom stereocenters. The van der Waals surface area contributed by atoms with Crippen molar-refractivity contribution in [1.82, 2.24) is 0 Å². The molecular formula is C23H27N2+. The number of benzene rings is 1. The number of rotatable bonds is 3. The minimum Gasteiger partial charge on any atom is -0.378 e. The molecule has 0 aliphatic heterocycles. The molecule has 1 aromatic rings. The van der Waals surface area contributed by atoms with Crippen molar-refractivity contribution in [2.45, 2.75) is 12.8 Å². The molecule has 1 aromatic carbocycles. The van der Waals surface area contributed by atoms with E-state index in [1.165, 1.54) is 33.7 Å². The maximum atomic E-state index is 2.33. The van der Waals surface area contributed by atoms with Crippen molar-refractivity contribution in [1.29, 1.82) is 0 Å². The highest BCUT2D eigenvalue weighted by atomic mass is 15.1. The van der Waals surface area contributed by atoms with Gasteiger partial charge in [0.05, 0.1) is 0 Å². The Bertz CT molecular complexity index is 803. The Labute approximate surface area is 151 Å². The highest BCUT2D eigenvalue weighted by Gasteiger charge is 2.09. The molecule has 0 saturated carbocycles. The first-order valence-corrected chi connectivity index (χ1v) is 8.82. The lowest BCUT2D eigenvalue weighted by atomic mass is 10.0. The van der Waals surface area contributed by atoms with E-state index >= 15 is 0 Å². The summed E-state index contributed by atoms with van der Waals surface area (Å²) >= 11 is 0. The van der Waals surface area contributed by atoms with E-state index in [2.05, 4.69) is 104 Å². The molecule has 128 valence electrons. The molecular weight excluding hydrogens is 304 g/mol. The predicted octanol–water partition coefficient (Wildman–Crippen LogP) is 4.62. The van der Waals surface area contributed by atoms with Crippen molar-refractivity contribution < 1.29 is 4.58 Å². The van der Waals surface area contributed by atoms with Crippen LogP contribution in [0.2, 0.25) is 0 Å². The van der Waals surface area contributed by atoms with Crippen LogP contribution in [0.1, 0.15) is 18.4 Å². The van der Waals surface area contributed by atoms with Crippen LogP contribution in [0.4, 0.5) is 5.69 Å². The highest BCUT2D eigenvalue weighted by molar-refractivity contribution is 6.02. The number of allylic oxidation sites excluding steroid dienone is 9. The van der Waals surface area contributed by atoms with Gasteiger partial charge in [-0.2, -0.15) is 0 Å². The third-order valence-corrected chi connectivity index (χ3v) is 4.60. The average Bonchev–Trinajstić information content (AvgIpc) is 3.02. The number of anilines is 1. The van der Waals surface area contributed by atoms with Crippen LogP contribution in [0.3, 0.4) is 0 Å². The van der Waals surface area contributed by atoms with Gasteiger partial charge in [0.1, 0.15) is 14.1 Å². The van der Waals surface area contributed by atoms with Gasteiger partial charge in [0, 0.05) is 31.9 Å². The van der Waals surface area contributed by atoms with E-state index in [0.29, 0.717) is 0 Å². The second-order valence-corrected chi connectivity index (χ2v) is 7.05. The first-order valence-electron chi connectivity index (χ1n) is 8.82. The summed E-state index contributed by atoms with van der Waals surface area (Å²) in [6.45, 7) is 0. The van der Waals surface area contributed by atoms with Crippen LogP contribution >= 0.6 is 0 Å². The summed E-state index contributed by atoms with van der Waals surface area (Å²) in [5, 5.41) is 0. The van der Waals surface area contributed by atoms with Gasteiger partial charge in [-0.3, -0.25) is 0 Å². The van der Waals surface area contributed by atoms with Gasteiger partial charge in [-0.25, -0.2) is 4.58 Å². The zero-order valence-corrected chi connectivity index (χ0v) is 15.7. The van der Waals surface area contributed by atoms with Crippen LogP contribution in [0.25, 0.3) is 6.08 Å². The fraction of sp³-hybridized carbons (Fsp3) is 0.261. The first-order chi connectivity index (χ1) is 12.0. The van der Waals surface area contributed by atoms with E-state index in [-0.39, 0.29) is 0 Å². The van der Waals surface area contributed by atoms with Crippen molar-refractivity contribution >= 4 is 17.5 Å². The largest absolute Gasteiger partial charge is 0.378 e. The van der Waals surface area contributed by atoms with E-state index in [1.54, 1.807) is 0 Å². The molecule has 2 aliphatic rings. The Morgan fingerprint density at radius 3 is 2.16 bits per heavy atom. The zero-order valence-electron chi connectivity index (χ0n) is 15.7. The Morgan fingerprint density at radius 1 is 0.880 bits per heavy atom. The molecule has 0 atom stereocenters. The van der Waals surface area contributed by atoms with Gasteiger partial charge >= 0.3 is 0 Å². The highest BCUT2D eigenvalue weighted by Crippen LogP contribution is 2.28. The molecule has 0 N–H and O–H groups in total. The monoisotopic (exact) mass is 331 g/mol. The lowest BCUT2D eigenvalue weighted by molar-refractivity contribution is -0.462. The lowest BCUT2D eigenvalue weighted by Gasteiger charge is -2.11. The molecule has 3 rings (SSSR count). The van der Waals surface area contributed by atoms with E-state index in [0.717, 1.165) is 12.8 Å². The van der Waals surface area contributed by atoms with Gasteiger partial charge in [-0.05, 0) is 59.4 Å². The molecule has 2 heteroatoms. The van der Waals surface area contributed by atoms with Crippen molar-refractivity contribution in [3.63, 3.8) is 0 Å². The summed E-state index contributed by atoms with van der Waals surface area (Å²) in [5.41, 5.74) is 7.84. The van der Waals surface area contributed by atoms with Gasteiger partial charge in [0.15, 0.2) is 5.71 Å². The van der Waals surface area contributed by atoms with E-state index in [4.69, 9.17) is 0 Å². The zero-order chi connectivity index (χ0) is 17.8. The van der Waals surface area contributed by atoms with Crippen molar-refractivity contribution in [2.75, 3.05) is 33.1 Å². The van der Waals surface area contributed by atoms with Crippen LogP contribution in [-0.4, -0.2) is 38.5 Å². The van der Waals surface area contributed by atoms with Gasteiger partial charge < -0.3 is 4.90 Å². The van der Waals surface area contributed by atoms with Gasteiger partial charge in [-0.1, -0.05) is 30.4 Å². The Morgan fingerprint density at radius 2 is 1.56 bits per heavy atom. The lowest BCUT2D eigenvalue weighted by Crippen LogP contribution is -2.09. The fourth-order valence-electron chi connectivity index (χ4n) is 3.06. The standard InChI is InChI=1S/C23H27N2/c1-24(2)22-11-7-18(8-12-22)15-20-5-6-21(17-20)16-19-9-13-23(14-10-19)25(3)4/h7-17H,5-6H2,1-4H3/q+1. The second kappa shape index (κ2) is 7.52. The molecule has 0 fully saturated rings. The van der Waals surface area contributed by atoms with Gasteiger partial charge in [0.2, 0.25) is 0 Å². The molecule has 25 heavy (non-hydrogen) atoms. The van der Waals surface area contributed by atoms with Crippen LogP contribution in [0, 0.1) is 0 Å². The van der Waals surface area contributed by atoms with Crippen LogP contribution in [0.5, 0.6) is 0 Å². The molecule has 2 nitrogen and oxygen atoms in total. The average molecular weight is 331 g/mol. The van der Waals surface area contributed by atoms with Gasteiger partial charge in [-0.15, -0.1) is 0 Å². The second-order valence-electron chi connectivity index (χ2n) is 7.05. The molecule has 2 aliphatic carbocycles. The summed E-state index contributed by atoms with van der Waals surface area (Å²) in [5.74, 6) is 0. The van der Waals surface area contributed by atoms with E-state index in [9.17, 15) is 0 Å². The molecule has 0 bridgehead atoms. The third-order valence-electron chi connectivity index (χ3n) is 4.60. The Kier molecular flexibility index (Phi) is 5.18. The summed E-state index contributed by atoms with van der Waals surface area (Å²) in [6, 6.07) is 8.73.